The first-order valence-electron chi connectivity index (χ1n) is 7.33. The van der Waals surface area contributed by atoms with Gasteiger partial charge < -0.3 is 20.5 Å². The van der Waals surface area contributed by atoms with Crippen molar-refractivity contribution in [3.63, 3.8) is 0 Å². The smallest absolute Gasteiger partial charge is 0.318 e. The SMILES string of the molecule is CCOC(=O)C1CC(C)CNC1=O.O=C1CCC(O)CN1. The van der Waals surface area contributed by atoms with E-state index < -0.39 is 11.9 Å². The van der Waals surface area contributed by atoms with Gasteiger partial charge in [0.15, 0.2) is 0 Å². The van der Waals surface area contributed by atoms with Crippen LogP contribution in [0.1, 0.15) is 33.1 Å². The third-order valence-corrected chi connectivity index (χ3v) is 3.39. The standard InChI is InChI=1S/C9H15NO3.C5H9NO2/c1-3-13-9(12)7-4-6(2)5-10-8(7)11;7-4-1-2-5(8)6-3-4/h6-7H,3-5H2,1-2H3,(H,10,11);4,7H,1-3H2,(H,6,8). The summed E-state index contributed by atoms with van der Waals surface area (Å²) in [4.78, 5) is 32.9. The molecule has 2 amide bonds. The van der Waals surface area contributed by atoms with Crippen LogP contribution < -0.4 is 10.6 Å². The average molecular weight is 300 g/mol. The molecule has 2 aliphatic rings. The Hall–Kier alpha value is -1.63. The maximum atomic E-state index is 11.3. The molecular formula is C14H24N2O5. The van der Waals surface area contributed by atoms with Crippen molar-refractivity contribution in [1.29, 1.82) is 0 Å². The Morgan fingerprint density at radius 2 is 2.05 bits per heavy atom. The minimum atomic E-state index is -0.594. The largest absolute Gasteiger partial charge is 0.465 e. The first-order chi connectivity index (χ1) is 9.93. The highest BCUT2D eigenvalue weighted by Gasteiger charge is 2.33. The highest BCUT2D eigenvalue weighted by Crippen LogP contribution is 2.17. The van der Waals surface area contributed by atoms with E-state index >= 15 is 0 Å². The van der Waals surface area contributed by atoms with Crippen molar-refractivity contribution in [2.24, 2.45) is 11.8 Å². The normalized spacial score (nSPS) is 28.6. The van der Waals surface area contributed by atoms with E-state index in [0.717, 1.165) is 0 Å². The van der Waals surface area contributed by atoms with E-state index in [9.17, 15) is 14.4 Å². The summed E-state index contributed by atoms with van der Waals surface area (Å²) in [6.07, 6.45) is 1.38. The summed E-state index contributed by atoms with van der Waals surface area (Å²) in [5.41, 5.74) is 0. The molecule has 21 heavy (non-hydrogen) atoms. The van der Waals surface area contributed by atoms with E-state index in [1.807, 2.05) is 6.92 Å². The zero-order chi connectivity index (χ0) is 15.8. The first kappa shape index (κ1) is 17.4. The quantitative estimate of drug-likeness (QED) is 0.474. The number of nitrogens with one attached hydrogen (secondary N) is 2. The predicted molar refractivity (Wildman–Crippen MR) is 75.2 cm³/mol. The van der Waals surface area contributed by atoms with Gasteiger partial charge in [0.1, 0.15) is 5.92 Å². The van der Waals surface area contributed by atoms with Crippen molar-refractivity contribution in [2.75, 3.05) is 19.7 Å². The molecule has 2 aliphatic heterocycles. The second kappa shape index (κ2) is 8.61. The number of piperidine rings is 2. The van der Waals surface area contributed by atoms with E-state index in [1.165, 1.54) is 0 Å². The van der Waals surface area contributed by atoms with Crippen molar-refractivity contribution in [1.82, 2.24) is 10.6 Å². The molecule has 0 radical (unpaired) electrons. The maximum Gasteiger partial charge on any atom is 0.318 e. The summed E-state index contributed by atoms with van der Waals surface area (Å²) < 4.78 is 4.80. The van der Waals surface area contributed by atoms with Gasteiger partial charge in [-0.05, 0) is 25.7 Å². The Balaban J connectivity index is 0.000000235. The molecule has 0 saturated carbocycles. The van der Waals surface area contributed by atoms with Crippen LogP contribution in [-0.4, -0.2) is 48.7 Å². The molecule has 0 bridgehead atoms. The van der Waals surface area contributed by atoms with Crippen molar-refractivity contribution in [3.8, 4) is 0 Å². The summed E-state index contributed by atoms with van der Waals surface area (Å²) in [6.45, 7) is 5.16. The monoisotopic (exact) mass is 300 g/mol. The van der Waals surface area contributed by atoms with E-state index in [2.05, 4.69) is 10.6 Å². The van der Waals surface area contributed by atoms with Crippen molar-refractivity contribution >= 4 is 17.8 Å². The fourth-order valence-corrected chi connectivity index (χ4v) is 2.16. The van der Waals surface area contributed by atoms with Gasteiger partial charge in [0.05, 0.1) is 12.7 Å². The topological polar surface area (TPSA) is 105 Å². The van der Waals surface area contributed by atoms with Crippen LogP contribution in [-0.2, 0) is 19.1 Å². The Morgan fingerprint density at radius 3 is 2.57 bits per heavy atom. The summed E-state index contributed by atoms with van der Waals surface area (Å²) in [5, 5.41) is 14.0. The second-order valence-corrected chi connectivity index (χ2v) is 5.39. The third kappa shape index (κ3) is 6.12. The first-order valence-corrected chi connectivity index (χ1v) is 7.33. The Bertz CT molecular complexity index is 376. The van der Waals surface area contributed by atoms with Gasteiger partial charge in [-0.2, -0.15) is 0 Å². The minimum absolute atomic E-state index is 0.0512. The maximum absolute atomic E-state index is 11.3. The molecule has 3 N–H and O–H groups in total. The zero-order valence-electron chi connectivity index (χ0n) is 12.6. The number of carbonyl (C=O) groups excluding carboxylic acids is 3. The van der Waals surface area contributed by atoms with Crippen LogP contribution in [0.4, 0.5) is 0 Å². The number of aliphatic hydroxyl groups is 1. The van der Waals surface area contributed by atoms with E-state index in [0.29, 0.717) is 44.9 Å². The summed E-state index contributed by atoms with van der Waals surface area (Å²) >= 11 is 0. The van der Waals surface area contributed by atoms with Crippen LogP contribution >= 0.6 is 0 Å². The number of ether oxygens (including phenoxy) is 1. The molecule has 3 unspecified atom stereocenters. The lowest BCUT2D eigenvalue weighted by molar-refractivity contribution is -0.154. The van der Waals surface area contributed by atoms with Gasteiger partial charge in [0.2, 0.25) is 11.8 Å². The molecule has 2 fully saturated rings. The molecule has 120 valence electrons. The number of carbonyl (C=O) groups is 3. The minimum Gasteiger partial charge on any atom is -0.465 e. The fourth-order valence-electron chi connectivity index (χ4n) is 2.16. The molecule has 2 saturated heterocycles. The molecule has 7 nitrogen and oxygen atoms in total. The molecule has 0 spiro atoms. The van der Waals surface area contributed by atoms with Crippen LogP contribution in [0.15, 0.2) is 0 Å². The zero-order valence-corrected chi connectivity index (χ0v) is 12.6. The number of β-amino-alcohol motifs (C(OH)–C–C–N with tert-alkyl or cyclic N) is 1. The number of rotatable bonds is 2. The van der Waals surface area contributed by atoms with Crippen LogP contribution in [0.5, 0.6) is 0 Å². The van der Waals surface area contributed by atoms with Crippen LogP contribution in [0.3, 0.4) is 0 Å². The summed E-state index contributed by atoms with van der Waals surface area (Å²) in [6, 6.07) is 0. The summed E-state index contributed by atoms with van der Waals surface area (Å²) in [7, 11) is 0. The molecule has 0 aromatic rings. The highest BCUT2D eigenvalue weighted by atomic mass is 16.5. The van der Waals surface area contributed by atoms with Gasteiger partial charge in [-0.25, -0.2) is 0 Å². The highest BCUT2D eigenvalue weighted by molar-refractivity contribution is 5.98. The van der Waals surface area contributed by atoms with E-state index in [-0.39, 0.29) is 17.9 Å². The lowest BCUT2D eigenvalue weighted by Gasteiger charge is -2.25. The molecule has 0 aromatic carbocycles. The lowest BCUT2D eigenvalue weighted by atomic mass is 9.91. The second-order valence-electron chi connectivity index (χ2n) is 5.39. The van der Waals surface area contributed by atoms with Gasteiger partial charge in [-0.15, -0.1) is 0 Å². The molecule has 0 aromatic heterocycles. The van der Waals surface area contributed by atoms with Gasteiger partial charge in [0.25, 0.3) is 0 Å². The van der Waals surface area contributed by atoms with Crippen LogP contribution in [0.25, 0.3) is 0 Å². The fraction of sp³-hybridized carbons (Fsp3) is 0.786. The number of hydrogen-bond acceptors (Lipinski definition) is 5. The Kier molecular flexibility index (Phi) is 7.14. The van der Waals surface area contributed by atoms with E-state index in [4.69, 9.17) is 9.84 Å². The van der Waals surface area contributed by atoms with Crippen LogP contribution in [0, 0.1) is 11.8 Å². The number of amides is 2. The van der Waals surface area contributed by atoms with Crippen molar-refractivity contribution in [3.05, 3.63) is 0 Å². The molecule has 0 aliphatic carbocycles. The molecule has 2 heterocycles. The Labute approximate surface area is 124 Å². The predicted octanol–water partition coefficient (Wildman–Crippen LogP) is -0.421. The van der Waals surface area contributed by atoms with E-state index in [1.54, 1.807) is 6.92 Å². The third-order valence-electron chi connectivity index (χ3n) is 3.39. The van der Waals surface area contributed by atoms with Gasteiger partial charge >= 0.3 is 5.97 Å². The average Bonchev–Trinajstić information content (AvgIpc) is 2.45. The van der Waals surface area contributed by atoms with Crippen molar-refractivity contribution < 1.29 is 24.2 Å². The number of esters is 1. The molecule has 2 rings (SSSR count). The van der Waals surface area contributed by atoms with Crippen molar-refractivity contribution in [2.45, 2.75) is 39.2 Å². The number of hydrogen-bond donors (Lipinski definition) is 3. The van der Waals surface area contributed by atoms with Gasteiger partial charge in [-0.1, -0.05) is 6.92 Å². The number of aliphatic hydroxyl groups excluding tert-OH is 1. The van der Waals surface area contributed by atoms with Gasteiger partial charge in [0, 0.05) is 19.5 Å². The van der Waals surface area contributed by atoms with Crippen LogP contribution in [0.2, 0.25) is 0 Å². The summed E-state index contributed by atoms with van der Waals surface area (Å²) in [5.74, 6) is -0.783. The van der Waals surface area contributed by atoms with Gasteiger partial charge in [-0.3, -0.25) is 14.4 Å². The Morgan fingerprint density at radius 1 is 1.33 bits per heavy atom. The molecular weight excluding hydrogens is 276 g/mol. The lowest BCUT2D eigenvalue weighted by Crippen LogP contribution is -2.44. The molecule has 7 heteroatoms. The molecule has 3 atom stereocenters.